The van der Waals surface area contributed by atoms with Crippen molar-refractivity contribution in [1.82, 2.24) is 16.0 Å². The third-order valence-electron chi connectivity index (χ3n) is 4.41. The van der Waals surface area contributed by atoms with Crippen molar-refractivity contribution in [2.24, 2.45) is 11.7 Å². The molecule has 3 amide bonds. The molecule has 0 radical (unpaired) electrons. The highest BCUT2D eigenvalue weighted by Gasteiger charge is 2.26. The van der Waals surface area contributed by atoms with Crippen molar-refractivity contribution in [1.29, 1.82) is 0 Å². The molecule has 0 aliphatic heterocycles. The second-order valence-electron chi connectivity index (χ2n) is 7.76. The van der Waals surface area contributed by atoms with E-state index in [9.17, 15) is 24.0 Å². The molecule has 0 aromatic heterocycles. The Hall–Kier alpha value is -3.47. The third kappa shape index (κ3) is 10.0. The van der Waals surface area contributed by atoms with Crippen molar-refractivity contribution in [3.8, 4) is 0 Å². The van der Waals surface area contributed by atoms with Crippen LogP contribution in [-0.2, 0) is 30.4 Å². The standard InChI is InChI=1S/C21H30N4O7/c1-12(2)8-14(22)19(29)25-15(9-13-6-4-3-5-7-13)20(30)23-11-17(26)24-16(21(31)32)10-18(27)28/h3-7,12,14-16H,8-11,22H2,1-2H3,(H,23,30)(H,24,26)(H,25,29)(H,27,28)(H,31,32). The largest absolute Gasteiger partial charge is 0.481 e. The van der Waals surface area contributed by atoms with E-state index < -0.39 is 60.8 Å². The molecule has 3 atom stereocenters. The molecule has 0 saturated carbocycles. The fraction of sp³-hybridized carbons (Fsp3) is 0.476. The van der Waals surface area contributed by atoms with Gasteiger partial charge in [0.1, 0.15) is 12.1 Å². The Morgan fingerprint density at radius 2 is 1.56 bits per heavy atom. The predicted octanol–water partition coefficient (Wildman–Crippen LogP) is -0.752. The Labute approximate surface area is 185 Å². The fourth-order valence-corrected chi connectivity index (χ4v) is 2.86. The SMILES string of the molecule is CC(C)CC(N)C(=O)NC(Cc1ccccc1)C(=O)NCC(=O)NC(CC(=O)O)C(=O)O. The Balaban J connectivity index is 2.79. The van der Waals surface area contributed by atoms with Gasteiger partial charge in [0.25, 0.3) is 0 Å². The van der Waals surface area contributed by atoms with Crippen LogP contribution in [-0.4, -0.2) is 64.5 Å². The molecule has 3 unspecified atom stereocenters. The molecule has 1 rings (SSSR count). The summed E-state index contributed by atoms with van der Waals surface area (Å²) in [6, 6.07) is 5.44. The number of carboxylic acid groups (broad SMARTS) is 2. The predicted molar refractivity (Wildman–Crippen MR) is 114 cm³/mol. The lowest BCUT2D eigenvalue weighted by Gasteiger charge is -2.22. The van der Waals surface area contributed by atoms with Gasteiger partial charge in [0, 0.05) is 6.42 Å². The van der Waals surface area contributed by atoms with Crippen molar-refractivity contribution in [2.45, 2.75) is 51.2 Å². The van der Waals surface area contributed by atoms with Gasteiger partial charge in [0.15, 0.2) is 0 Å². The van der Waals surface area contributed by atoms with Crippen LogP contribution in [0.5, 0.6) is 0 Å². The Bertz CT molecular complexity index is 814. The molecular formula is C21H30N4O7. The van der Waals surface area contributed by atoms with Gasteiger partial charge in [0.2, 0.25) is 17.7 Å². The van der Waals surface area contributed by atoms with Crippen LogP contribution in [0.2, 0.25) is 0 Å². The molecule has 1 aromatic carbocycles. The fourth-order valence-electron chi connectivity index (χ4n) is 2.86. The average molecular weight is 450 g/mol. The highest BCUT2D eigenvalue weighted by Crippen LogP contribution is 2.06. The lowest BCUT2D eigenvalue weighted by atomic mass is 10.0. The number of carbonyl (C=O) groups excluding carboxylic acids is 3. The summed E-state index contributed by atoms with van der Waals surface area (Å²) in [5.41, 5.74) is 6.66. The first-order valence-corrected chi connectivity index (χ1v) is 10.1. The van der Waals surface area contributed by atoms with E-state index in [1.165, 1.54) is 0 Å². The number of amides is 3. The number of benzene rings is 1. The van der Waals surface area contributed by atoms with Crippen LogP contribution < -0.4 is 21.7 Å². The van der Waals surface area contributed by atoms with Crippen LogP contribution in [0.1, 0.15) is 32.3 Å². The number of rotatable bonds is 13. The lowest BCUT2D eigenvalue weighted by molar-refractivity contribution is -0.147. The zero-order chi connectivity index (χ0) is 24.3. The maximum atomic E-state index is 12.7. The molecule has 0 aliphatic carbocycles. The van der Waals surface area contributed by atoms with Gasteiger partial charge in [-0.05, 0) is 17.9 Å². The molecule has 0 aliphatic rings. The van der Waals surface area contributed by atoms with Gasteiger partial charge in [-0.2, -0.15) is 0 Å². The van der Waals surface area contributed by atoms with E-state index in [1.807, 2.05) is 19.2 Å². The summed E-state index contributed by atoms with van der Waals surface area (Å²) in [4.78, 5) is 58.9. The van der Waals surface area contributed by atoms with Crippen LogP contribution in [0.15, 0.2) is 30.3 Å². The number of hydrogen-bond donors (Lipinski definition) is 6. The molecule has 0 bridgehead atoms. The van der Waals surface area contributed by atoms with E-state index in [2.05, 4.69) is 10.6 Å². The lowest BCUT2D eigenvalue weighted by Crippen LogP contribution is -2.54. The summed E-state index contributed by atoms with van der Waals surface area (Å²) in [7, 11) is 0. The Kier molecular flexibility index (Phi) is 10.8. The van der Waals surface area contributed by atoms with Gasteiger partial charge in [-0.15, -0.1) is 0 Å². The van der Waals surface area contributed by atoms with Gasteiger partial charge in [0.05, 0.1) is 19.0 Å². The smallest absolute Gasteiger partial charge is 0.326 e. The van der Waals surface area contributed by atoms with Gasteiger partial charge >= 0.3 is 11.9 Å². The number of hydrogen-bond acceptors (Lipinski definition) is 6. The Morgan fingerprint density at radius 3 is 2.09 bits per heavy atom. The summed E-state index contributed by atoms with van der Waals surface area (Å²) in [6.07, 6.45) is -0.241. The van der Waals surface area contributed by atoms with Crippen molar-refractivity contribution in [2.75, 3.05) is 6.54 Å². The summed E-state index contributed by atoms with van der Waals surface area (Å²) < 4.78 is 0. The van der Waals surface area contributed by atoms with Crippen LogP contribution in [0.25, 0.3) is 0 Å². The number of aliphatic carboxylic acids is 2. The quantitative estimate of drug-likeness (QED) is 0.226. The van der Waals surface area contributed by atoms with E-state index in [0.717, 1.165) is 5.56 Å². The minimum atomic E-state index is -1.63. The molecule has 0 heterocycles. The van der Waals surface area contributed by atoms with Gasteiger partial charge in [-0.3, -0.25) is 19.2 Å². The van der Waals surface area contributed by atoms with E-state index in [1.54, 1.807) is 30.3 Å². The minimum absolute atomic E-state index is 0.144. The topological polar surface area (TPSA) is 188 Å². The molecule has 0 fully saturated rings. The van der Waals surface area contributed by atoms with Crippen molar-refractivity contribution in [3.63, 3.8) is 0 Å². The van der Waals surface area contributed by atoms with Crippen LogP contribution in [0.4, 0.5) is 0 Å². The monoisotopic (exact) mass is 450 g/mol. The zero-order valence-electron chi connectivity index (χ0n) is 18.0. The summed E-state index contributed by atoms with van der Waals surface area (Å²) in [5.74, 6) is -4.79. The van der Waals surface area contributed by atoms with E-state index in [-0.39, 0.29) is 12.3 Å². The first-order valence-electron chi connectivity index (χ1n) is 10.1. The normalized spacial score (nSPS) is 13.5. The molecule has 1 aromatic rings. The first kappa shape index (κ1) is 26.6. The second-order valence-corrected chi connectivity index (χ2v) is 7.76. The molecular weight excluding hydrogens is 420 g/mol. The maximum absolute atomic E-state index is 12.7. The molecule has 11 heteroatoms. The zero-order valence-corrected chi connectivity index (χ0v) is 18.0. The molecule has 0 spiro atoms. The van der Waals surface area contributed by atoms with Gasteiger partial charge < -0.3 is 31.9 Å². The third-order valence-corrected chi connectivity index (χ3v) is 4.41. The highest BCUT2D eigenvalue weighted by molar-refractivity contribution is 5.93. The van der Waals surface area contributed by atoms with Gasteiger partial charge in [-0.1, -0.05) is 44.2 Å². The maximum Gasteiger partial charge on any atom is 0.326 e. The molecule has 11 nitrogen and oxygen atoms in total. The number of nitrogens with two attached hydrogens (primary N) is 1. The average Bonchev–Trinajstić information content (AvgIpc) is 2.70. The molecule has 0 saturated heterocycles. The summed E-state index contributed by atoms with van der Waals surface area (Å²) in [5, 5.41) is 24.7. The van der Waals surface area contributed by atoms with E-state index in [0.29, 0.717) is 6.42 Å². The second kappa shape index (κ2) is 13.1. The van der Waals surface area contributed by atoms with Crippen molar-refractivity contribution in [3.05, 3.63) is 35.9 Å². The summed E-state index contributed by atoms with van der Waals surface area (Å²) in [6.45, 7) is 3.23. The van der Waals surface area contributed by atoms with Crippen molar-refractivity contribution < 1.29 is 34.2 Å². The number of nitrogens with one attached hydrogen (secondary N) is 3. The van der Waals surface area contributed by atoms with E-state index >= 15 is 0 Å². The van der Waals surface area contributed by atoms with Crippen molar-refractivity contribution >= 4 is 29.7 Å². The van der Waals surface area contributed by atoms with Crippen LogP contribution >= 0.6 is 0 Å². The molecule has 176 valence electrons. The molecule has 7 N–H and O–H groups in total. The first-order chi connectivity index (χ1) is 15.0. The van der Waals surface area contributed by atoms with Gasteiger partial charge in [-0.25, -0.2) is 4.79 Å². The number of carbonyl (C=O) groups is 5. The highest BCUT2D eigenvalue weighted by atomic mass is 16.4. The Morgan fingerprint density at radius 1 is 0.938 bits per heavy atom. The van der Waals surface area contributed by atoms with E-state index in [4.69, 9.17) is 15.9 Å². The molecule has 32 heavy (non-hydrogen) atoms. The van der Waals surface area contributed by atoms with Crippen LogP contribution in [0.3, 0.4) is 0 Å². The number of carboxylic acids is 2. The minimum Gasteiger partial charge on any atom is -0.481 e. The van der Waals surface area contributed by atoms with Crippen LogP contribution in [0, 0.1) is 5.92 Å². The summed E-state index contributed by atoms with van der Waals surface area (Å²) >= 11 is 0.